The van der Waals surface area contributed by atoms with Gasteiger partial charge in [0, 0.05) is 28.7 Å². The number of hydrogen-bond donors (Lipinski definition) is 2. The van der Waals surface area contributed by atoms with E-state index >= 15 is 0 Å². The quantitative estimate of drug-likeness (QED) is 0.258. The number of carbonyl (C=O) groups excluding carboxylic acids is 1. The average molecular weight is 500 g/mol. The first kappa shape index (κ1) is 23.5. The number of H-pyrrole nitrogens is 1. The van der Waals surface area contributed by atoms with Crippen molar-refractivity contribution >= 4 is 34.3 Å². The van der Waals surface area contributed by atoms with Gasteiger partial charge in [-0.05, 0) is 37.3 Å². The van der Waals surface area contributed by atoms with E-state index in [4.69, 9.17) is 9.47 Å². The first-order chi connectivity index (χ1) is 17.7. The molecule has 0 bridgehead atoms. The fourth-order valence-electron chi connectivity index (χ4n) is 3.94. The number of para-hydroxylation sites is 3. The summed E-state index contributed by atoms with van der Waals surface area (Å²) in [5.74, 6) is 2.01. The molecule has 9 heteroatoms. The third kappa shape index (κ3) is 4.78. The number of nitrogens with zero attached hydrogens (tertiary/aromatic N) is 3. The maximum atomic E-state index is 12.8. The third-order valence-corrected chi connectivity index (χ3v) is 6.50. The first-order valence-electron chi connectivity index (χ1n) is 11.5. The minimum atomic E-state index is -0.166. The van der Waals surface area contributed by atoms with Crippen LogP contribution in [0.3, 0.4) is 0 Å². The van der Waals surface area contributed by atoms with Crippen LogP contribution in [0.5, 0.6) is 11.5 Å². The van der Waals surface area contributed by atoms with Gasteiger partial charge in [0.15, 0.2) is 11.0 Å². The summed E-state index contributed by atoms with van der Waals surface area (Å²) in [5.41, 5.74) is 3.40. The number of fused-ring (bicyclic) bond motifs is 1. The molecule has 2 N–H and O–H groups in total. The van der Waals surface area contributed by atoms with Gasteiger partial charge >= 0.3 is 0 Å². The molecule has 0 aliphatic rings. The van der Waals surface area contributed by atoms with Crippen molar-refractivity contribution in [1.82, 2.24) is 19.7 Å². The van der Waals surface area contributed by atoms with Crippen molar-refractivity contribution < 1.29 is 14.3 Å². The highest BCUT2D eigenvalue weighted by Gasteiger charge is 2.20. The lowest BCUT2D eigenvalue weighted by Gasteiger charge is -2.12. The van der Waals surface area contributed by atoms with Gasteiger partial charge < -0.3 is 19.8 Å². The Kier molecular flexibility index (Phi) is 6.90. The van der Waals surface area contributed by atoms with Crippen LogP contribution in [0.25, 0.3) is 28.0 Å². The molecule has 3 aromatic carbocycles. The molecule has 2 heterocycles. The molecule has 5 aromatic rings. The summed E-state index contributed by atoms with van der Waals surface area (Å²) in [7, 11) is 1.63. The number of amides is 1. The lowest BCUT2D eigenvalue weighted by Crippen LogP contribution is -2.15. The van der Waals surface area contributed by atoms with E-state index in [1.165, 1.54) is 11.8 Å². The van der Waals surface area contributed by atoms with E-state index in [1.54, 1.807) is 7.11 Å². The molecule has 0 aliphatic heterocycles. The van der Waals surface area contributed by atoms with Gasteiger partial charge in [0.25, 0.3) is 0 Å². The number of benzene rings is 3. The summed E-state index contributed by atoms with van der Waals surface area (Å²) < 4.78 is 13.0. The summed E-state index contributed by atoms with van der Waals surface area (Å²) in [6, 6.07) is 23.1. The number of thioether (sulfide) groups is 1. The molecule has 0 atom stereocenters. The smallest absolute Gasteiger partial charge is 0.234 e. The highest BCUT2D eigenvalue weighted by molar-refractivity contribution is 7.99. The van der Waals surface area contributed by atoms with Crippen LogP contribution in [0.1, 0.15) is 6.92 Å². The monoisotopic (exact) mass is 499 g/mol. The van der Waals surface area contributed by atoms with Crippen molar-refractivity contribution in [1.29, 1.82) is 0 Å². The Morgan fingerprint density at radius 1 is 1.06 bits per heavy atom. The molecule has 0 saturated carbocycles. The Bertz CT molecular complexity index is 1510. The molecule has 8 nitrogen and oxygen atoms in total. The second-order valence-corrected chi connectivity index (χ2v) is 8.80. The number of ether oxygens (including phenoxy) is 2. The van der Waals surface area contributed by atoms with Gasteiger partial charge in [0.1, 0.15) is 11.5 Å². The van der Waals surface area contributed by atoms with Crippen molar-refractivity contribution in [3.05, 3.63) is 79.0 Å². The summed E-state index contributed by atoms with van der Waals surface area (Å²) in [6.07, 6.45) is 1.93. The average Bonchev–Trinajstić information content (AvgIpc) is 3.53. The van der Waals surface area contributed by atoms with E-state index in [9.17, 15) is 4.79 Å². The number of anilines is 1. The second kappa shape index (κ2) is 10.6. The maximum Gasteiger partial charge on any atom is 0.234 e. The molecule has 0 aliphatic carbocycles. The summed E-state index contributed by atoms with van der Waals surface area (Å²) in [5, 5.41) is 13.5. The second-order valence-electron chi connectivity index (χ2n) is 7.86. The van der Waals surface area contributed by atoms with Crippen molar-refractivity contribution in [2.75, 3.05) is 24.8 Å². The molecule has 2 aromatic heterocycles. The largest absolute Gasteiger partial charge is 0.497 e. The Morgan fingerprint density at radius 3 is 2.75 bits per heavy atom. The Morgan fingerprint density at radius 2 is 1.89 bits per heavy atom. The van der Waals surface area contributed by atoms with E-state index < -0.39 is 0 Å². The topological polar surface area (TPSA) is 94.1 Å². The zero-order valence-corrected chi connectivity index (χ0v) is 20.7. The zero-order valence-electron chi connectivity index (χ0n) is 19.9. The fourth-order valence-corrected chi connectivity index (χ4v) is 4.70. The SMILES string of the molecule is CCOc1ccccc1NC(=O)CSc1nnc(-c2c[nH]c3ccccc23)n1-c1cccc(OC)c1. The van der Waals surface area contributed by atoms with Crippen LogP contribution in [-0.2, 0) is 4.79 Å². The van der Waals surface area contributed by atoms with Crippen LogP contribution in [0.2, 0.25) is 0 Å². The number of methoxy groups -OCH3 is 1. The Balaban J connectivity index is 1.46. The molecular formula is C27H25N5O3S. The molecule has 36 heavy (non-hydrogen) atoms. The minimum absolute atomic E-state index is 0.149. The van der Waals surface area contributed by atoms with Gasteiger partial charge in [-0.1, -0.05) is 48.2 Å². The summed E-state index contributed by atoms with van der Waals surface area (Å²) in [4.78, 5) is 16.1. The van der Waals surface area contributed by atoms with E-state index in [-0.39, 0.29) is 11.7 Å². The van der Waals surface area contributed by atoms with Gasteiger partial charge in [-0.2, -0.15) is 0 Å². The first-order valence-corrected chi connectivity index (χ1v) is 12.5. The van der Waals surface area contributed by atoms with Crippen molar-refractivity contribution in [3.63, 3.8) is 0 Å². The van der Waals surface area contributed by atoms with Crippen LogP contribution in [-0.4, -0.2) is 45.1 Å². The molecule has 5 rings (SSSR count). The molecular weight excluding hydrogens is 474 g/mol. The molecule has 0 saturated heterocycles. The van der Waals surface area contributed by atoms with E-state index in [0.717, 1.165) is 22.2 Å². The molecule has 1 amide bonds. The number of hydrogen-bond acceptors (Lipinski definition) is 6. The lowest BCUT2D eigenvalue weighted by molar-refractivity contribution is -0.113. The van der Waals surface area contributed by atoms with Gasteiger partial charge in [-0.3, -0.25) is 9.36 Å². The van der Waals surface area contributed by atoms with E-state index in [1.807, 2.05) is 90.5 Å². The predicted octanol–water partition coefficient (Wildman–Crippen LogP) is 5.55. The normalized spacial score (nSPS) is 10.9. The van der Waals surface area contributed by atoms with E-state index in [0.29, 0.717) is 34.8 Å². The Hall–Kier alpha value is -4.24. The number of carbonyl (C=O) groups is 1. The van der Waals surface area contributed by atoms with Crippen LogP contribution >= 0.6 is 11.8 Å². The standard InChI is InChI=1S/C27H25N5O3S/c1-3-35-24-14-7-6-13-23(24)29-25(33)17-36-27-31-30-26(21-16-28-22-12-5-4-11-20(21)22)32(27)18-9-8-10-19(15-18)34-2/h4-16,28H,3,17H2,1-2H3,(H,29,33). The van der Waals surface area contributed by atoms with Crippen LogP contribution in [0.15, 0.2) is 84.1 Å². The highest BCUT2D eigenvalue weighted by atomic mass is 32.2. The highest BCUT2D eigenvalue weighted by Crippen LogP contribution is 2.33. The minimum Gasteiger partial charge on any atom is -0.497 e. The number of rotatable bonds is 9. The maximum absolute atomic E-state index is 12.8. The molecule has 0 fully saturated rings. The van der Waals surface area contributed by atoms with Crippen LogP contribution in [0.4, 0.5) is 5.69 Å². The molecule has 182 valence electrons. The van der Waals surface area contributed by atoms with Gasteiger partial charge in [-0.25, -0.2) is 0 Å². The van der Waals surface area contributed by atoms with Gasteiger partial charge in [0.2, 0.25) is 5.91 Å². The van der Waals surface area contributed by atoms with Crippen molar-refractivity contribution in [2.24, 2.45) is 0 Å². The molecule has 0 spiro atoms. The zero-order chi connectivity index (χ0) is 24.9. The number of aromatic nitrogens is 4. The fraction of sp³-hybridized carbons (Fsp3) is 0.148. The summed E-state index contributed by atoms with van der Waals surface area (Å²) in [6.45, 7) is 2.42. The van der Waals surface area contributed by atoms with Crippen molar-refractivity contribution in [3.8, 4) is 28.6 Å². The van der Waals surface area contributed by atoms with Crippen LogP contribution < -0.4 is 14.8 Å². The molecule has 0 unspecified atom stereocenters. The molecule has 0 radical (unpaired) electrons. The van der Waals surface area contributed by atoms with Gasteiger partial charge in [-0.15, -0.1) is 10.2 Å². The van der Waals surface area contributed by atoms with Crippen LogP contribution in [0, 0.1) is 0 Å². The Labute approximate surface area is 212 Å². The number of nitrogens with one attached hydrogen (secondary N) is 2. The lowest BCUT2D eigenvalue weighted by atomic mass is 10.1. The number of aromatic amines is 1. The van der Waals surface area contributed by atoms with Gasteiger partial charge in [0.05, 0.1) is 30.8 Å². The van der Waals surface area contributed by atoms with E-state index in [2.05, 4.69) is 20.5 Å². The van der Waals surface area contributed by atoms with Crippen molar-refractivity contribution in [2.45, 2.75) is 12.1 Å². The summed E-state index contributed by atoms with van der Waals surface area (Å²) >= 11 is 1.31. The predicted molar refractivity (Wildman–Crippen MR) is 142 cm³/mol. The third-order valence-electron chi connectivity index (χ3n) is 5.57.